The number of anilines is 3. The molecule has 2 aromatic rings. The summed E-state index contributed by atoms with van der Waals surface area (Å²) in [4.78, 5) is 48.8. The largest absolute Gasteiger partial charge is 0.494 e. The predicted octanol–water partition coefficient (Wildman–Crippen LogP) is 4.45. The first-order chi connectivity index (χ1) is 23.7. The van der Waals surface area contributed by atoms with E-state index in [1.165, 1.54) is 24.3 Å². The first kappa shape index (κ1) is 37.1. The van der Waals surface area contributed by atoms with Crippen LogP contribution in [0.4, 0.5) is 21.9 Å². The van der Waals surface area contributed by atoms with E-state index in [9.17, 15) is 14.4 Å². The van der Waals surface area contributed by atoms with Crippen molar-refractivity contribution in [3.8, 4) is 11.5 Å². The van der Waals surface area contributed by atoms with Crippen LogP contribution in [-0.2, 0) is 19.1 Å². The molecule has 50 heavy (non-hydrogen) atoms. The van der Waals surface area contributed by atoms with Crippen LogP contribution in [0.3, 0.4) is 0 Å². The second-order valence-corrected chi connectivity index (χ2v) is 14.4. The van der Waals surface area contributed by atoms with Gasteiger partial charge in [-0.3, -0.25) is 24.8 Å². The van der Waals surface area contributed by atoms with Gasteiger partial charge in [0.2, 0.25) is 0 Å². The van der Waals surface area contributed by atoms with Crippen molar-refractivity contribution in [1.29, 1.82) is 5.41 Å². The van der Waals surface area contributed by atoms with Gasteiger partial charge in [0.05, 0.1) is 36.6 Å². The monoisotopic (exact) mass is 713 g/mol. The summed E-state index contributed by atoms with van der Waals surface area (Å²) in [5, 5.41) is 14.9. The number of esters is 1. The fraction of sp³-hybridized carbons (Fsp3) is 0.571. The lowest BCUT2D eigenvalue weighted by molar-refractivity contribution is -0.165. The van der Waals surface area contributed by atoms with Crippen molar-refractivity contribution < 1.29 is 33.3 Å². The lowest BCUT2D eigenvalue weighted by Gasteiger charge is -2.42. The number of fused-ring (bicyclic) bond motifs is 1. The summed E-state index contributed by atoms with van der Waals surface area (Å²) in [6.07, 6.45) is 2.28. The van der Waals surface area contributed by atoms with E-state index in [2.05, 4.69) is 39.3 Å². The van der Waals surface area contributed by atoms with Crippen LogP contribution in [0.25, 0.3) is 0 Å². The van der Waals surface area contributed by atoms with Gasteiger partial charge >= 0.3 is 12.1 Å². The Balaban J connectivity index is 1.16. The maximum atomic E-state index is 13.1. The second kappa shape index (κ2) is 15.8. The Morgan fingerprint density at radius 2 is 1.82 bits per heavy atom. The maximum Gasteiger partial charge on any atom is 0.415 e. The van der Waals surface area contributed by atoms with Crippen molar-refractivity contribution in [3.63, 3.8) is 0 Å². The van der Waals surface area contributed by atoms with Gasteiger partial charge in [-0.25, -0.2) is 9.78 Å². The third kappa shape index (κ3) is 9.15. The van der Waals surface area contributed by atoms with Crippen LogP contribution in [0, 0.1) is 11.3 Å². The Morgan fingerprint density at radius 3 is 2.48 bits per heavy atom. The number of aromatic nitrogens is 1. The summed E-state index contributed by atoms with van der Waals surface area (Å²) in [6, 6.07) is 5.33. The van der Waals surface area contributed by atoms with Crippen LogP contribution in [0.1, 0.15) is 53.0 Å². The Morgan fingerprint density at radius 1 is 1.10 bits per heavy atom. The number of nitrogens with one attached hydrogen (secondary N) is 3. The van der Waals surface area contributed by atoms with E-state index >= 15 is 0 Å². The van der Waals surface area contributed by atoms with Gasteiger partial charge in [0.25, 0.3) is 5.91 Å². The Labute approximate surface area is 298 Å². The van der Waals surface area contributed by atoms with Gasteiger partial charge in [-0.05, 0) is 66.6 Å². The number of carbonyl (C=O) groups is 3. The molecule has 0 aliphatic carbocycles. The van der Waals surface area contributed by atoms with Crippen molar-refractivity contribution in [3.05, 3.63) is 35.1 Å². The highest BCUT2D eigenvalue weighted by molar-refractivity contribution is 6.45. The number of rotatable bonds is 11. The van der Waals surface area contributed by atoms with Crippen LogP contribution >= 0.6 is 11.6 Å². The molecule has 14 nitrogen and oxygen atoms in total. The van der Waals surface area contributed by atoms with Gasteiger partial charge in [0.15, 0.2) is 0 Å². The number of nitrogens with zero attached hydrogens (tertiary/aromatic N) is 4. The summed E-state index contributed by atoms with van der Waals surface area (Å²) in [5.74, 6) is 0.0341. The summed E-state index contributed by atoms with van der Waals surface area (Å²) < 4.78 is 22.8. The molecule has 272 valence electrons. The zero-order chi connectivity index (χ0) is 36.2. The Hall–Kier alpha value is -4.14. The highest BCUT2D eigenvalue weighted by Crippen LogP contribution is 2.42. The van der Waals surface area contributed by atoms with E-state index in [1.54, 1.807) is 32.9 Å². The topological polar surface area (TPSA) is 159 Å². The van der Waals surface area contributed by atoms with Crippen LogP contribution in [0.5, 0.6) is 11.5 Å². The number of likely N-dealkylation sites (tertiary alicyclic amines) is 2. The van der Waals surface area contributed by atoms with Crippen molar-refractivity contribution in [2.24, 2.45) is 5.92 Å². The number of halogens is 1. The number of hydrogen-bond acceptors (Lipinski definition) is 12. The molecule has 3 N–H and O–H groups in total. The van der Waals surface area contributed by atoms with Crippen molar-refractivity contribution in [2.45, 2.75) is 65.2 Å². The lowest BCUT2D eigenvalue weighted by Crippen LogP contribution is -2.56. The van der Waals surface area contributed by atoms with Gasteiger partial charge in [0, 0.05) is 56.1 Å². The minimum absolute atomic E-state index is 0.00849. The van der Waals surface area contributed by atoms with Gasteiger partial charge in [-0.2, -0.15) is 0 Å². The molecule has 0 unspecified atom stereocenters. The first-order valence-electron chi connectivity index (χ1n) is 17.0. The molecule has 4 heterocycles. The molecule has 0 saturated carbocycles. The first-order valence-corrected chi connectivity index (χ1v) is 17.4. The molecule has 3 aliphatic heterocycles. The fourth-order valence-corrected chi connectivity index (χ4v) is 6.21. The second-order valence-electron chi connectivity index (χ2n) is 14.0. The van der Waals surface area contributed by atoms with Gasteiger partial charge < -0.3 is 34.5 Å². The molecule has 1 aromatic heterocycles. The van der Waals surface area contributed by atoms with Crippen LogP contribution < -0.4 is 25.0 Å². The van der Waals surface area contributed by atoms with Crippen LogP contribution in [0.15, 0.2) is 24.4 Å². The smallest absolute Gasteiger partial charge is 0.415 e. The number of methoxy groups -OCH3 is 1. The van der Waals surface area contributed by atoms with E-state index in [-0.39, 0.29) is 41.0 Å². The molecular weight excluding hydrogens is 666 g/mol. The molecule has 3 aliphatic rings. The molecule has 0 bridgehead atoms. The number of ether oxygens (including phenoxy) is 4. The zero-order valence-corrected chi connectivity index (χ0v) is 30.4. The SMILES string of the molecule is COc1cc2c(cc1Nc1cc(Cl)ncc1C(=N)C(=O)NCCN1CCC(C(=O)OC3CN(C(C)C)C3)CC1)OCCN2C(=O)OC(C)(C)C. The number of carbonyl (C=O) groups excluding carboxylic acids is 3. The fourth-order valence-electron chi connectivity index (χ4n) is 6.05. The molecule has 0 atom stereocenters. The third-order valence-corrected chi connectivity index (χ3v) is 9.13. The van der Waals surface area contributed by atoms with E-state index in [0.29, 0.717) is 67.1 Å². The quantitative estimate of drug-likeness (QED) is 0.172. The van der Waals surface area contributed by atoms with Crippen molar-refractivity contribution in [2.75, 3.05) is 69.7 Å². The zero-order valence-electron chi connectivity index (χ0n) is 29.6. The van der Waals surface area contributed by atoms with E-state index < -0.39 is 17.6 Å². The third-order valence-electron chi connectivity index (χ3n) is 8.92. The Kier molecular flexibility index (Phi) is 11.7. The number of hydrogen-bond donors (Lipinski definition) is 3. The standard InChI is InChI=1S/C35H48ClN7O7/c1-21(2)42-19-23(20-42)49-33(45)22-7-10-41(11-8-22)12-9-38-32(44)31(37)24-18-39-30(36)16-25(24)40-26-15-29-27(17-28(26)47-6)43(13-14-48-29)34(46)50-35(3,4)5/h15-18,21-23,37H,7-14,19-20H2,1-6H3,(H,38,44)(H,39,40). The summed E-state index contributed by atoms with van der Waals surface area (Å²) in [7, 11) is 1.49. The highest BCUT2D eigenvalue weighted by Gasteiger charge is 2.35. The van der Waals surface area contributed by atoms with Crippen molar-refractivity contribution in [1.82, 2.24) is 20.1 Å². The minimum Gasteiger partial charge on any atom is -0.494 e. The molecule has 0 spiro atoms. The molecule has 0 radical (unpaired) electrons. The molecule has 2 amide bonds. The minimum atomic E-state index is -0.672. The van der Waals surface area contributed by atoms with E-state index in [0.717, 1.165) is 26.2 Å². The summed E-state index contributed by atoms with van der Waals surface area (Å²) >= 11 is 6.24. The average Bonchev–Trinajstić information content (AvgIpc) is 3.04. The van der Waals surface area contributed by atoms with E-state index in [4.69, 9.17) is 36.0 Å². The molecule has 1 aromatic carbocycles. The number of benzene rings is 1. The number of piperidine rings is 1. The van der Waals surface area contributed by atoms with Crippen LogP contribution in [0.2, 0.25) is 5.15 Å². The number of amides is 2. The number of pyridine rings is 1. The van der Waals surface area contributed by atoms with Crippen molar-refractivity contribution >= 4 is 52.3 Å². The molecular formula is C35H48ClN7O7. The normalized spacial score (nSPS) is 17.3. The molecule has 15 heteroatoms. The van der Waals surface area contributed by atoms with E-state index in [1.807, 2.05) is 0 Å². The van der Waals surface area contributed by atoms with Crippen LogP contribution in [-0.4, -0.2) is 116 Å². The summed E-state index contributed by atoms with van der Waals surface area (Å²) in [6.45, 7) is 14.2. The maximum absolute atomic E-state index is 13.1. The lowest BCUT2D eigenvalue weighted by atomic mass is 9.96. The Bertz CT molecular complexity index is 1580. The molecule has 2 saturated heterocycles. The van der Waals surface area contributed by atoms with Gasteiger partial charge in [-0.1, -0.05) is 11.6 Å². The van der Waals surface area contributed by atoms with Gasteiger partial charge in [-0.15, -0.1) is 0 Å². The average molecular weight is 714 g/mol. The molecule has 2 fully saturated rings. The highest BCUT2D eigenvalue weighted by atomic mass is 35.5. The molecule has 5 rings (SSSR count). The summed E-state index contributed by atoms with van der Waals surface area (Å²) in [5.41, 5.74) is 0.570. The van der Waals surface area contributed by atoms with Gasteiger partial charge in [0.1, 0.15) is 40.7 Å². The predicted molar refractivity (Wildman–Crippen MR) is 190 cm³/mol.